The summed E-state index contributed by atoms with van der Waals surface area (Å²) in [5.74, 6) is 2.13. The SMILES string of the molecule is CCC(CC)CNC(=NC)NCC1CCN(C(=O)OC(C)(C)C)CC1.I. The van der Waals surface area contributed by atoms with E-state index in [1.807, 2.05) is 32.7 Å². The topological polar surface area (TPSA) is 66.0 Å². The van der Waals surface area contributed by atoms with E-state index in [1.54, 1.807) is 0 Å². The van der Waals surface area contributed by atoms with Gasteiger partial charge in [-0.2, -0.15) is 0 Å². The molecule has 26 heavy (non-hydrogen) atoms. The van der Waals surface area contributed by atoms with Crippen molar-refractivity contribution >= 4 is 36.0 Å². The van der Waals surface area contributed by atoms with Gasteiger partial charge in [0.15, 0.2) is 5.96 Å². The van der Waals surface area contributed by atoms with Crippen molar-refractivity contribution in [2.45, 2.75) is 65.9 Å². The Morgan fingerprint density at radius 1 is 1.19 bits per heavy atom. The third-order valence-electron chi connectivity index (χ3n) is 4.76. The number of ether oxygens (including phenoxy) is 1. The summed E-state index contributed by atoms with van der Waals surface area (Å²) in [5, 5.41) is 6.85. The van der Waals surface area contributed by atoms with Crippen LogP contribution in [0.3, 0.4) is 0 Å². The molecule has 0 aliphatic carbocycles. The van der Waals surface area contributed by atoms with Crippen LogP contribution in [-0.4, -0.2) is 55.8 Å². The lowest BCUT2D eigenvalue weighted by atomic mass is 9.97. The predicted octanol–water partition coefficient (Wildman–Crippen LogP) is 3.85. The monoisotopic (exact) mass is 482 g/mol. The number of rotatable bonds is 6. The third-order valence-corrected chi connectivity index (χ3v) is 4.76. The van der Waals surface area contributed by atoms with Gasteiger partial charge in [0.05, 0.1) is 0 Å². The molecule has 0 saturated carbocycles. The minimum Gasteiger partial charge on any atom is -0.444 e. The Balaban J connectivity index is 0.00000625. The Bertz CT molecular complexity index is 426. The van der Waals surface area contributed by atoms with Crippen LogP contribution in [-0.2, 0) is 4.74 Å². The highest BCUT2D eigenvalue weighted by Gasteiger charge is 2.26. The number of carbonyl (C=O) groups excluding carboxylic acids is 1. The molecule has 0 aromatic heterocycles. The van der Waals surface area contributed by atoms with Crippen molar-refractivity contribution in [2.75, 3.05) is 33.2 Å². The lowest BCUT2D eigenvalue weighted by Crippen LogP contribution is -2.45. The number of hydrogen-bond donors (Lipinski definition) is 2. The zero-order valence-electron chi connectivity index (χ0n) is 17.4. The minimum atomic E-state index is -0.428. The molecule has 1 saturated heterocycles. The maximum atomic E-state index is 12.1. The second kappa shape index (κ2) is 12.6. The fourth-order valence-electron chi connectivity index (χ4n) is 2.93. The molecular weight excluding hydrogens is 443 g/mol. The Morgan fingerprint density at radius 2 is 1.77 bits per heavy atom. The fraction of sp³-hybridized carbons (Fsp3) is 0.895. The molecule has 0 bridgehead atoms. The van der Waals surface area contributed by atoms with Crippen molar-refractivity contribution < 1.29 is 9.53 Å². The van der Waals surface area contributed by atoms with Gasteiger partial charge in [0.2, 0.25) is 0 Å². The van der Waals surface area contributed by atoms with E-state index in [0.717, 1.165) is 45.0 Å². The van der Waals surface area contributed by atoms with Crippen LogP contribution in [0.1, 0.15) is 60.3 Å². The van der Waals surface area contributed by atoms with Gasteiger partial charge in [0, 0.05) is 33.2 Å². The van der Waals surface area contributed by atoms with Crippen molar-refractivity contribution in [3.05, 3.63) is 0 Å². The molecule has 7 heteroatoms. The van der Waals surface area contributed by atoms with Crippen LogP contribution in [0.15, 0.2) is 4.99 Å². The van der Waals surface area contributed by atoms with E-state index in [2.05, 4.69) is 29.5 Å². The van der Waals surface area contributed by atoms with E-state index in [-0.39, 0.29) is 30.1 Å². The quantitative estimate of drug-likeness (QED) is 0.343. The average Bonchev–Trinajstić information content (AvgIpc) is 2.57. The van der Waals surface area contributed by atoms with Crippen LogP contribution in [0.5, 0.6) is 0 Å². The van der Waals surface area contributed by atoms with Gasteiger partial charge >= 0.3 is 6.09 Å². The van der Waals surface area contributed by atoms with Crippen LogP contribution >= 0.6 is 24.0 Å². The highest BCUT2D eigenvalue weighted by Crippen LogP contribution is 2.19. The summed E-state index contributed by atoms with van der Waals surface area (Å²) in [6, 6.07) is 0. The van der Waals surface area contributed by atoms with Crippen LogP contribution in [0.25, 0.3) is 0 Å². The Labute approximate surface area is 176 Å². The summed E-state index contributed by atoms with van der Waals surface area (Å²) < 4.78 is 5.45. The van der Waals surface area contributed by atoms with E-state index in [1.165, 1.54) is 12.8 Å². The zero-order chi connectivity index (χ0) is 18.9. The molecule has 0 unspecified atom stereocenters. The standard InChI is InChI=1S/C19H38N4O2.HI/c1-7-15(8-2)13-21-17(20-6)22-14-16-9-11-23(12-10-16)18(24)25-19(3,4)5;/h15-16H,7-14H2,1-6H3,(H2,20,21,22);1H. The van der Waals surface area contributed by atoms with E-state index in [9.17, 15) is 4.79 Å². The van der Waals surface area contributed by atoms with Crippen LogP contribution in [0.2, 0.25) is 0 Å². The van der Waals surface area contributed by atoms with Gasteiger partial charge in [-0.3, -0.25) is 4.99 Å². The number of nitrogens with zero attached hydrogens (tertiary/aromatic N) is 2. The molecule has 0 atom stereocenters. The van der Waals surface area contributed by atoms with Gasteiger partial charge in [0.25, 0.3) is 0 Å². The Morgan fingerprint density at radius 3 is 2.23 bits per heavy atom. The normalized spacial score (nSPS) is 16.3. The Kier molecular flexibility index (Phi) is 12.3. The van der Waals surface area contributed by atoms with Gasteiger partial charge in [-0.25, -0.2) is 4.79 Å². The van der Waals surface area contributed by atoms with E-state index >= 15 is 0 Å². The van der Waals surface area contributed by atoms with Crippen molar-refractivity contribution in [1.29, 1.82) is 0 Å². The summed E-state index contributed by atoms with van der Waals surface area (Å²) >= 11 is 0. The van der Waals surface area contributed by atoms with Gasteiger partial charge in [-0.1, -0.05) is 26.7 Å². The summed E-state index contributed by atoms with van der Waals surface area (Å²) in [6.07, 6.45) is 4.17. The molecule has 1 aliphatic heterocycles. The molecule has 0 aromatic carbocycles. The highest BCUT2D eigenvalue weighted by atomic mass is 127. The number of halogens is 1. The highest BCUT2D eigenvalue weighted by molar-refractivity contribution is 14.0. The van der Waals surface area contributed by atoms with Gasteiger partial charge in [-0.05, 0) is 45.4 Å². The average molecular weight is 482 g/mol. The zero-order valence-corrected chi connectivity index (χ0v) is 19.8. The second-order valence-corrected chi connectivity index (χ2v) is 7.93. The van der Waals surface area contributed by atoms with Crippen molar-refractivity contribution in [3.8, 4) is 0 Å². The molecule has 154 valence electrons. The number of nitrogens with one attached hydrogen (secondary N) is 2. The van der Waals surface area contributed by atoms with Gasteiger partial charge in [-0.15, -0.1) is 24.0 Å². The number of likely N-dealkylation sites (tertiary alicyclic amines) is 1. The molecule has 1 rings (SSSR count). The van der Waals surface area contributed by atoms with E-state index in [0.29, 0.717) is 11.8 Å². The molecule has 1 heterocycles. The van der Waals surface area contributed by atoms with E-state index in [4.69, 9.17) is 4.74 Å². The van der Waals surface area contributed by atoms with Crippen LogP contribution < -0.4 is 10.6 Å². The number of aliphatic imine (C=N–C) groups is 1. The van der Waals surface area contributed by atoms with Crippen LogP contribution in [0, 0.1) is 11.8 Å². The molecule has 1 amide bonds. The third kappa shape index (κ3) is 9.83. The molecule has 1 fully saturated rings. The van der Waals surface area contributed by atoms with Crippen molar-refractivity contribution in [1.82, 2.24) is 15.5 Å². The predicted molar refractivity (Wildman–Crippen MR) is 119 cm³/mol. The first-order valence-corrected chi connectivity index (χ1v) is 9.71. The first-order chi connectivity index (χ1) is 11.8. The summed E-state index contributed by atoms with van der Waals surface area (Å²) in [5.41, 5.74) is -0.428. The smallest absolute Gasteiger partial charge is 0.410 e. The summed E-state index contributed by atoms with van der Waals surface area (Å²) in [4.78, 5) is 18.2. The number of hydrogen-bond acceptors (Lipinski definition) is 3. The largest absolute Gasteiger partial charge is 0.444 e. The van der Waals surface area contributed by atoms with E-state index < -0.39 is 5.60 Å². The second-order valence-electron chi connectivity index (χ2n) is 7.93. The minimum absolute atomic E-state index is 0. The molecule has 1 aliphatic rings. The molecule has 0 spiro atoms. The molecule has 6 nitrogen and oxygen atoms in total. The first-order valence-electron chi connectivity index (χ1n) is 9.71. The van der Waals surface area contributed by atoms with Crippen molar-refractivity contribution in [3.63, 3.8) is 0 Å². The number of piperidine rings is 1. The molecule has 2 N–H and O–H groups in total. The lowest BCUT2D eigenvalue weighted by molar-refractivity contribution is 0.0185. The maximum absolute atomic E-state index is 12.1. The molecule has 0 aromatic rings. The molecular formula is C19H39IN4O2. The van der Waals surface area contributed by atoms with Gasteiger partial charge < -0.3 is 20.3 Å². The number of carbonyl (C=O) groups is 1. The number of guanidine groups is 1. The Hall–Kier alpha value is -0.730. The lowest BCUT2D eigenvalue weighted by Gasteiger charge is -2.33. The molecule has 0 radical (unpaired) electrons. The van der Waals surface area contributed by atoms with Gasteiger partial charge in [0.1, 0.15) is 5.60 Å². The summed E-state index contributed by atoms with van der Waals surface area (Å²) in [7, 11) is 1.81. The van der Waals surface area contributed by atoms with Crippen LogP contribution in [0.4, 0.5) is 4.79 Å². The van der Waals surface area contributed by atoms with Crippen molar-refractivity contribution in [2.24, 2.45) is 16.8 Å². The first kappa shape index (κ1) is 25.3. The fourth-order valence-corrected chi connectivity index (χ4v) is 2.93. The number of amides is 1. The summed E-state index contributed by atoms with van der Waals surface area (Å²) in [6.45, 7) is 13.6. The maximum Gasteiger partial charge on any atom is 0.410 e.